The van der Waals surface area contributed by atoms with E-state index in [1.807, 2.05) is 25.8 Å². The number of hydrogen-bond acceptors (Lipinski definition) is 4. The van der Waals surface area contributed by atoms with Crippen LogP contribution in [0, 0.1) is 6.92 Å². The number of aromatic carboxylic acids is 1. The lowest BCUT2D eigenvalue weighted by atomic mass is 10.0. The normalized spacial score (nSPS) is 12.1. The molecule has 0 aromatic carbocycles. The lowest BCUT2D eigenvalue weighted by Gasteiger charge is -2.33. The van der Waals surface area contributed by atoms with E-state index in [2.05, 4.69) is 0 Å². The van der Waals surface area contributed by atoms with Gasteiger partial charge in [-0.15, -0.1) is 0 Å². The summed E-state index contributed by atoms with van der Waals surface area (Å²) >= 11 is 0. The molecule has 0 atom stereocenters. The summed E-state index contributed by atoms with van der Waals surface area (Å²) in [5.74, 6) is -0.515. The van der Waals surface area contributed by atoms with Gasteiger partial charge in [0.1, 0.15) is 5.76 Å². The van der Waals surface area contributed by atoms with Crippen LogP contribution in [0.2, 0.25) is 0 Å². The molecule has 0 aliphatic rings. The van der Waals surface area contributed by atoms with Gasteiger partial charge < -0.3 is 14.6 Å². The Morgan fingerprint density at radius 2 is 2.12 bits per heavy atom. The lowest BCUT2D eigenvalue weighted by molar-refractivity contribution is 0.0661. The minimum Gasteiger partial charge on any atom is -0.475 e. The molecular weight excluding hydrogens is 222 g/mol. The fraction of sp³-hybridized carbons (Fsp3) is 0.583. The molecule has 0 fully saturated rings. The van der Waals surface area contributed by atoms with Crippen molar-refractivity contribution in [2.45, 2.75) is 32.9 Å². The van der Waals surface area contributed by atoms with Crippen LogP contribution in [0.15, 0.2) is 10.5 Å². The maximum Gasteiger partial charge on any atom is 0.371 e. The molecule has 1 aromatic rings. The second-order valence-corrected chi connectivity index (χ2v) is 4.82. The van der Waals surface area contributed by atoms with Crippen LogP contribution in [0.25, 0.3) is 0 Å². The first-order valence-electron chi connectivity index (χ1n) is 5.42. The Labute approximate surface area is 101 Å². The molecule has 2 N–H and O–H groups in total. The summed E-state index contributed by atoms with van der Waals surface area (Å²) in [6, 6.07) is 1.53. The number of aliphatic hydroxyl groups is 1. The number of rotatable bonds is 5. The summed E-state index contributed by atoms with van der Waals surface area (Å²) < 4.78 is 5.13. The third-order valence-electron chi connectivity index (χ3n) is 3.06. The van der Waals surface area contributed by atoms with E-state index in [0.717, 1.165) is 5.56 Å². The van der Waals surface area contributed by atoms with Crippen molar-refractivity contribution in [2.75, 3.05) is 13.7 Å². The van der Waals surface area contributed by atoms with Crippen molar-refractivity contribution in [3.63, 3.8) is 0 Å². The van der Waals surface area contributed by atoms with E-state index in [0.29, 0.717) is 12.3 Å². The molecule has 0 aliphatic carbocycles. The van der Waals surface area contributed by atoms with E-state index in [-0.39, 0.29) is 17.9 Å². The quantitative estimate of drug-likeness (QED) is 0.817. The number of nitrogens with zero attached hydrogens (tertiary/aromatic N) is 1. The van der Waals surface area contributed by atoms with Crippen molar-refractivity contribution in [3.05, 3.63) is 23.2 Å². The molecule has 0 unspecified atom stereocenters. The number of likely N-dealkylation sites (N-methyl/N-ethyl adjacent to an activating group) is 1. The summed E-state index contributed by atoms with van der Waals surface area (Å²) in [6.45, 7) is 6.14. The molecule has 5 heteroatoms. The predicted molar refractivity (Wildman–Crippen MR) is 63.0 cm³/mol. The SMILES string of the molecule is Cc1oc(C(=O)O)cc1CN(C)C(C)(C)CO. The fourth-order valence-electron chi connectivity index (χ4n) is 1.37. The van der Waals surface area contributed by atoms with Gasteiger partial charge >= 0.3 is 5.97 Å². The van der Waals surface area contributed by atoms with Gasteiger partial charge in [0, 0.05) is 17.6 Å². The molecule has 96 valence electrons. The van der Waals surface area contributed by atoms with Crippen molar-refractivity contribution < 1.29 is 19.4 Å². The largest absolute Gasteiger partial charge is 0.475 e. The van der Waals surface area contributed by atoms with Crippen molar-refractivity contribution >= 4 is 5.97 Å². The van der Waals surface area contributed by atoms with Gasteiger partial charge in [0.2, 0.25) is 5.76 Å². The number of hydrogen-bond donors (Lipinski definition) is 2. The molecule has 0 spiro atoms. The van der Waals surface area contributed by atoms with Crippen LogP contribution in [0.3, 0.4) is 0 Å². The Bertz CT molecular complexity index is 409. The molecule has 5 nitrogen and oxygen atoms in total. The molecule has 0 amide bonds. The standard InChI is InChI=1S/C12H19NO4/c1-8-9(5-10(17-8)11(15)16)6-13(4)12(2,3)7-14/h5,14H,6-7H2,1-4H3,(H,15,16). The van der Waals surface area contributed by atoms with Crippen LogP contribution < -0.4 is 0 Å². The Morgan fingerprint density at radius 3 is 2.53 bits per heavy atom. The second kappa shape index (κ2) is 4.89. The number of carbonyl (C=O) groups is 1. The van der Waals surface area contributed by atoms with Gasteiger partial charge in [-0.2, -0.15) is 0 Å². The first-order valence-corrected chi connectivity index (χ1v) is 5.42. The van der Waals surface area contributed by atoms with E-state index in [4.69, 9.17) is 9.52 Å². The summed E-state index contributed by atoms with van der Waals surface area (Å²) in [7, 11) is 1.88. The van der Waals surface area contributed by atoms with Gasteiger partial charge in [-0.05, 0) is 33.9 Å². The third kappa shape index (κ3) is 3.08. The Kier molecular flexibility index (Phi) is 3.95. The Morgan fingerprint density at radius 1 is 1.53 bits per heavy atom. The number of carboxylic acid groups (broad SMARTS) is 1. The van der Waals surface area contributed by atoms with E-state index in [9.17, 15) is 9.90 Å². The third-order valence-corrected chi connectivity index (χ3v) is 3.06. The van der Waals surface area contributed by atoms with E-state index in [1.54, 1.807) is 6.92 Å². The monoisotopic (exact) mass is 241 g/mol. The number of furan rings is 1. The number of carboxylic acids is 1. The summed E-state index contributed by atoms with van der Waals surface area (Å²) in [6.07, 6.45) is 0. The molecule has 0 saturated heterocycles. The van der Waals surface area contributed by atoms with Crippen LogP contribution in [-0.2, 0) is 6.54 Å². The van der Waals surface area contributed by atoms with Crippen LogP contribution in [0.5, 0.6) is 0 Å². The molecule has 1 rings (SSSR count). The van der Waals surface area contributed by atoms with Gasteiger partial charge in [0.05, 0.1) is 6.61 Å². The van der Waals surface area contributed by atoms with E-state index >= 15 is 0 Å². The highest BCUT2D eigenvalue weighted by Gasteiger charge is 2.24. The highest BCUT2D eigenvalue weighted by Crippen LogP contribution is 2.20. The summed E-state index contributed by atoms with van der Waals surface area (Å²) in [4.78, 5) is 12.7. The zero-order chi connectivity index (χ0) is 13.2. The molecule has 0 aliphatic heterocycles. The maximum absolute atomic E-state index is 10.8. The van der Waals surface area contributed by atoms with Crippen LogP contribution in [0.1, 0.15) is 35.7 Å². The first kappa shape index (κ1) is 13.7. The van der Waals surface area contributed by atoms with Gasteiger partial charge in [-0.3, -0.25) is 4.90 Å². The number of aliphatic hydroxyl groups excluding tert-OH is 1. The van der Waals surface area contributed by atoms with E-state index < -0.39 is 5.97 Å². The number of aryl methyl sites for hydroxylation is 1. The van der Waals surface area contributed by atoms with Crippen LogP contribution in [-0.4, -0.2) is 40.3 Å². The summed E-state index contributed by atoms with van der Waals surface area (Å²) in [5, 5.41) is 18.1. The van der Waals surface area contributed by atoms with Gasteiger partial charge in [0.25, 0.3) is 0 Å². The molecule has 0 saturated carbocycles. The van der Waals surface area contributed by atoms with Gasteiger partial charge in [-0.25, -0.2) is 4.79 Å². The average Bonchev–Trinajstić information content (AvgIpc) is 2.60. The van der Waals surface area contributed by atoms with Gasteiger partial charge in [0.15, 0.2) is 0 Å². The van der Waals surface area contributed by atoms with Crippen molar-refractivity contribution in [1.29, 1.82) is 0 Å². The molecule has 1 heterocycles. The maximum atomic E-state index is 10.8. The highest BCUT2D eigenvalue weighted by atomic mass is 16.4. The molecular formula is C12H19NO4. The van der Waals surface area contributed by atoms with Crippen molar-refractivity contribution in [3.8, 4) is 0 Å². The average molecular weight is 241 g/mol. The van der Waals surface area contributed by atoms with Crippen molar-refractivity contribution in [1.82, 2.24) is 4.90 Å². The molecule has 17 heavy (non-hydrogen) atoms. The van der Waals surface area contributed by atoms with E-state index in [1.165, 1.54) is 6.07 Å². The zero-order valence-electron chi connectivity index (χ0n) is 10.6. The highest BCUT2D eigenvalue weighted by molar-refractivity contribution is 5.84. The predicted octanol–water partition coefficient (Wildman–Crippen LogP) is 1.49. The van der Waals surface area contributed by atoms with Crippen LogP contribution >= 0.6 is 0 Å². The topological polar surface area (TPSA) is 73.9 Å². The fourth-order valence-corrected chi connectivity index (χ4v) is 1.37. The Hall–Kier alpha value is -1.33. The Balaban J connectivity index is 2.85. The molecule has 0 radical (unpaired) electrons. The second-order valence-electron chi connectivity index (χ2n) is 4.82. The minimum absolute atomic E-state index is 0.0339. The first-order chi connectivity index (χ1) is 7.77. The molecule has 1 aromatic heterocycles. The molecule has 0 bridgehead atoms. The summed E-state index contributed by atoms with van der Waals surface area (Å²) in [5.41, 5.74) is 0.471. The smallest absolute Gasteiger partial charge is 0.371 e. The lowest BCUT2D eigenvalue weighted by Crippen LogP contribution is -2.43. The van der Waals surface area contributed by atoms with Crippen LogP contribution in [0.4, 0.5) is 0 Å². The zero-order valence-corrected chi connectivity index (χ0v) is 10.6. The van der Waals surface area contributed by atoms with Gasteiger partial charge in [-0.1, -0.05) is 0 Å². The van der Waals surface area contributed by atoms with Crippen molar-refractivity contribution in [2.24, 2.45) is 0 Å². The minimum atomic E-state index is -1.07.